The summed E-state index contributed by atoms with van der Waals surface area (Å²) in [6, 6.07) is 13.4. The Morgan fingerprint density at radius 1 is 1.04 bits per heavy atom. The van der Waals surface area contributed by atoms with E-state index in [0.29, 0.717) is 30.9 Å². The van der Waals surface area contributed by atoms with Gasteiger partial charge in [-0.2, -0.15) is 0 Å². The van der Waals surface area contributed by atoms with Crippen LogP contribution in [0.15, 0.2) is 48.5 Å². The van der Waals surface area contributed by atoms with Crippen molar-refractivity contribution in [3.63, 3.8) is 0 Å². The van der Waals surface area contributed by atoms with Gasteiger partial charge in [0.15, 0.2) is 11.6 Å². The Hall–Kier alpha value is -2.08. The predicted octanol–water partition coefficient (Wildman–Crippen LogP) is 3.40. The molecule has 5 heteroatoms. The third-order valence-electron chi connectivity index (χ3n) is 5.17. The topological polar surface area (TPSA) is 38.8 Å². The van der Waals surface area contributed by atoms with Crippen molar-refractivity contribution in [2.75, 3.05) is 26.3 Å². The lowest BCUT2D eigenvalue weighted by Crippen LogP contribution is -2.44. The van der Waals surface area contributed by atoms with E-state index in [1.807, 2.05) is 24.3 Å². The van der Waals surface area contributed by atoms with Crippen molar-refractivity contribution in [3.05, 3.63) is 71.0 Å². The molecule has 0 amide bonds. The molecule has 2 fully saturated rings. The summed E-state index contributed by atoms with van der Waals surface area (Å²) in [5, 5.41) is 0. The molecule has 0 unspecified atom stereocenters. The molecule has 2 saturated heterocycles. The first-order chi connectivity index (χ1) is 12.7. The molecule has 4 rings (SSSR count). The zero-order valence-electron chi connectivity index (χ0n) is 14.6. The second kappa shape index (κ2) is 7.27. The highest BCUT2D eigenvalue weighted by Crippen LogP contribution is 2.32. The summed E-state index contributed by atoms with van der Waals surface area (Å²) in [5.41, 5.74) is 1.97. The maximum absolute atomic E-state index is 13.5. The Labute approximate surface area is 152 Å². The molecule has 0 bridgehead atoms. The lowest BCUT2D eigenvalue weighted by atomic mass is 9.97. The van der Waals surface area contributed by atoms with Crippen LogP contribution in [0.5, 0.6) is 0 Å². The molecule has 0 aliphatic carbocycles. The molecule has 2 aliphatic rings. The van der Waals surface area contributed by atoms with Crippen LogP contribution in [0.1, 0.15) is 34.3 Å². The summed E-state index contributed by atoms with van der Waals surface area (Å²) >= 11 is 0. The van der Waals surface area contributed by atoms with Crippen LogP contribution in [0.25, 0.3) is 0 Å². The first-order valence-electron chi connectivity index (χ1n) is 9.04. The quantitative estimate of drug-likeness (QED) is 0.788. The van der Waals surface area contributed by atoms with Crippen LogP contribution >= 0.6 is 0 Å². The lowest BCUT2D eigenvalue weighted by molar-refractivity contribution is -0.185. The SMILES string of the molecule is O=C(c1cccc(F)c1)c1ccccc1CN1CCC2(CC1)OCCO2. The normalized spacial score (nSPS) is 19.7. The highest BCUT2D eigenvalue weighted by molar-refractivity contribution is 6.09. The average molecular weight is 355 g/mol. The van der Waals surface area contributed by atoms with Crippen LogP contribution < -0.4 is 0 Å². The Kier molecular flexibility index (Phi) is 4.85. The van der Waals surface area contributed by atoms with Crippen LogP contribution in [0, 0.1) is 5.82 Å². The zero-order valence-corrected chi connectivity index (χ0v) is 14.6. The van der Waals surface area contributed by atoms with Crippen molar-refractivity contribution in [3.8, 4) is 0 Å². The minimum atomic E-state index is -0.397. The summed E-state index contributed by atoms with van der Waals surface area (Å²) in [6.07, 6.45) is 1.68. The maximum atomic E-state index is 13.5. The van der Waals surface area contributed by atoms with E-state index in [1.54, 1.807) is 12.1 Å². The average Bonchev–Trinajstić information content (AvgIpc) is 3.12. The number of halogens is 1. The first kappa shape index (κ1) is 17.3. The van der Waals surface area contributed by atoms with Crippen LogP contribution in [-0.4, -0.2) is 42.8 Å². The van der Waals surface area contributed by atoms with E-state index in [0.717, 1.165) is 31.5 Å². The summed E-state index contributed by atoms with van der Waals surface area (Å²) in [7, 11) is 0. The molecule has 0 atom stereocenters. The Morgan fingerprint density at radius 3 is 2.50 bits per heavy atom. The lowest BCUT2D eigenvalue weighted by Gasteiger charge is -2.37. The highest BCUT2D eigenvalue weighted by Gasteiger charge is 2.39. The minimum Gasteiger partial charge on any atom is -0.347 e. The number of ether oxygens (including phenoxy) is 2. The van der Waals surface area contributed by atoms with Gasteiger partial charge in [0.25, 0.3) is 0 Å². The van der Waals surface area contributed by atoms with Crippen molar-refractivity contribution in [2.24, 2.45) is 0 Å². The fourth-order valence-electron chi connectivity index (χ4n) is 3.74. The number of piperidine rings is 1. The molecule has 2 aromatic carbocycles. The summed E-state index contributed by atoms with van der Waals surface area (Å²) in [5.74, 6) is -0.935. The number of ketones is 1. The van der Waals surface area contributed by atoms with E-state index in [4.69, 9.17) is 9.47 Å². The van der Waals surface area contributed by atoms with Gasteiger partial charge in [-0.15, -0.1) is 0 Å². The minimum absolute atomic E-state index is 0.143. The molecule has 26 heavy (non-hydrogen) atoms. The van der Waals surface area contributed by atoms with Crippen molar-refractivity contribution >= 4 is 5.78 Å². The van der Waals surface area contributed by atoms with Gasteiger partial charge in [-0.1, -0.05) is 36.4 Å². The van der Waals surface area contributed by atoms with Gasteiger partial charge in [-0.3, -0.25) is 9.69 Å². The van der Waals surface area contributed by atoms with E-state index >= 15 is 0 Å². The maximum Gasteiger partial charge on any atom is 0.193 e. The first-order valence-corrected chi connectivity index (χ1v) is 9.04. The number of benzene rings is 2. The second-order valence-electron chi connectivity index (χ2n) is 6.88. The number of carbonyl (C=O) groups is 1. The summed E-state index contributed by atoms with van der Waals surface area (Å²) < 4.78 is 25.0. The molecule has 1 spiro atoms. The summed E-state index contributed by atoms with van der Waals surface area (Å²) in [4.78, 5) is 15.2. The Morgan fingerprint density at radius 2 is 1.77 bits per heavy atom. The van der Waals surface area contributed by atoms with Gasteiger partial charge in [-0.05, 0) is 17.7 Å². The van der Waals surface area contributed by atoms with E-state index in [2.05, 4.69) is 4.90 Å². The van der Waals surface area contributed by atoms with Crippen molar-refractivity contribution in [1.29, 1.82) is 0 Å². The van der Waals surface area contributed by atoms with Crippen molar-refractivity contribution in [1.82, 2.24) is 4.90 Å². The van der Waals surface area contributed by atoms with E-state index in [-0.39, 0.29) is 5.78 Å². The largest absolute Gasteiger partial charge is 0.347 e. The van der Waals surface area contributed by atoms with Crippen LogP contribution in [0.3, 0.4) is 0 Å². The molecule has 2 aliphatic heterocycles. The standard InChI is InChI=1S/C21H22FNO3/c22-18-6-3-5-16(14-18)20(24)19-7-2-1-4-17(19)15-23-10-8-21(9-11-23)25-12-13-26-21/h1-7,14H,8-13,15H2. The molecule has 4 nitrogen and oxygen atoms in total. The summed E-state index contributed by atoms with van der Waals surface area (Å²) in [6.45, 7) is 3.76. The predicted molar refractivity (Wildman–Crippen MR) is 95.4 cm³/mol. The molecule has 136 valence electrons. The molecular formula is C21H22FNO3. The van der Waals surface area contributed by atoms with Gasteiger partial charge < -0.3 is 9.47 Å². The van der Waals surface area contributed by atoms with E-state index in [9.17, 15) is 9.18 Å². The third-order valence-corrected chi connectivity index (χ3v) is 5.17. The van der Waals surface area contributed by atoms with E-state index < -0.39 is 11.6 Å². The van der Waals surface area contributed by atoms with Crippen LogP contribution in [0.4, 0.5) is 4.39 Å². The molecule has 2 aromatic rings. The van der Waals surface area contributed by atoms with Gasteiger partial charge >= 0.3 is 0 Å². The second-order valence-corrected chi connectivity index (χ2v) is 6.88. The smallest absolute Gasteiger partial charge is 0.193 e. The monoisotopic (exact) mass is 355 g/mol. The van der Waals surface area contributed by atoms with Gasteiger partial charge in [0.2, 0.25) is 0 Å². The number of nitrogens with zero attached hydrogens (tertiary/aromatic N) is 1. The molecule has 0 aromatic heterocycles. The fraction of sp³-hybridized carbons (Fsp3) is 0.381. The van der Waals surface area contributed by atoms with E-state index in [1.165, 1.54) is 12.1 Å². The number of hydrogen-bond donors (Lipinski definition) is 0. The van der Waals surface area contributed by atoms with Crippen LogP contribution in [-0.2, 0) is 16.0 Å². The molecule has 0 N–H and O–H groups in total. The fourth-order valence-corrected chi connectivity index (χ4v) is 3.74. The third kappa shape index (κ3) is 3.56. The molecule has 0 radical (unpaired) electrons. The molecular weight excluding hydrogens is 333 g/mol. The zero-order chi connectivity index (χ0) is 18.0. The molecule has 0 saturated carbocycles. The number of likely N-dealkylation sites (tertiary alicyclic amines) is 1. The van der Waals surface area contributed by atoms with Crippen LogP contribution in [0.2, 0.25) is 0 Å². The Balaban J connectivity index is 1.49. The van der Waals surface area contributed by atoms with Crippen molar-refractivity contribution < 1.29 is 18.7 Å². The number of rotatable bonds is 4. The van der Waals surface area contributed by atoms with Gasteiger partial charge in [0, 0.05) is 43.6 Å². The van der Waals surface area contributed by atoms with Crippen molar-refractivity contribution in [2.45, 2.75) is 25.2 Å². The molecule has 2 heterocycles. The van der Waals surface area contributed by atoms with Gasteiger partial charge in [0.05, 0.1) is 13.2 Å². The van der Waals surface area contributed by atoms with Gasteiger partial charge in [0.1, 0.15) is 5.82 Å². The highest BCUT2D eigenvalue weighted by atomic mass is 19.1. The number of carbonyl (C=O) groups excluding carboxylic acids is 1. The Bertz CT molecular complexity index is 791. The van der Waals surface area contributed by atoms with Gasteiger partial charge in [-0.25, -0.2) is 4.39 Å². The number of hydrogen-bond acceptors (Lipinski definition) is 4.